The van der Waals surface area contributed by atoms with Gasteiger partial charge in [0.25, 0.3) is 5.91 Å². The van der Waals surface area contributed by atoms with Crippen LogP contribution >= 0.6 is 0 Å². The van der Waals surface area contributed by atoms with Gasteiger partial charge in [-0.3, -0.25) is 4.79 Å². The monoisotopic (exact) mass is 373 g/mol. The average molecular weight is 373 g/mol. The van der Waals surface area contributed by atoms with Crippen LogP contribution in [-0.2, 0) is 4.79 Å². The van der Waals surface area contributed by atoms with Gasteiger partial charge in [-0.1, -0.05) is 12.1 Å². The van der Waals surface area contributed by atoms with Crippen molar-refractivity contribution >= 4 is 5.91 Å². The van der Waals surface area contributed by atoms with Crippen LogP contribution in [0.3, 0.4) is 0 Å². The Morgan fingerprint density at radius 2 is 1.85 bits per heavy atom. The molecular formula is C21H24FNO4. The normalized spacial score (nSPS) is 16.7. The maximum Gasteiger partial charge on any atom is 0.260 e. The van der Waals surface area contributed by atoms with E-state index in [9.17, 15) is 9.18 Å². The van der Waals surface area contributed by atoms with Crippen LogP contribution in [0.25, 0.3) is 0 Å². The van der Waals surface area contributed by atoms with Gasteiger partial charge >= 0.3 is 0 Å². The molecule has 0 aliphatic carbocycles. The van der Waals surface area contributed by atoms with Gasteiger partial charge in [-0.2, -0.15) is 0 Å². The fraction of sp³-hybridized carbons (Fsp3) is 0.381. The van der Waals surface area contributed by atoms with Crippen LogP contribution in [0.15, 0.2) is 48.5 Å². The molecule has 0 radical (unpaired) electrons. The van der Waals surface area contributed by atoms with Gasteiger partial charge in [-0.05, 0) is 49.2 Å². The number of halogens is 1. The van der Waals surface area contributed by atoms with E-state index >= 15 is 0 Å². The number of benzene rings is 2. The van der Waals surface area contributed by atoms with E-state index in [0.717, 1.165) is 19.4 Å². The van der Waals surface area contributed by atoms with Crippen LogP contribution in [0, 0.1) is 11.7 Å². The minimum atomic E-state index is -0.285. The van der Waals surface area contributed by atoms with E-state index in [1.165, 1.54) is 12.1 Å². The molecule has 0 saturated carbocycles. The highest BCUT2D eigenvalue weighted by Crippen LogP contribution is 2.26. The van der Waals surface area contributed by atoms with Crippen LogP contribution in [-0.4, -0.2) is 44.2 Å². The third-order valence-electron chi connectivity index (χ3n) is 4.59. The van der Waals surface area contributed by atoms with Crippen molar-refractivity contribution in [2.75, 3.05) is 33.4 Å². The molecule has 3 rings (SSSR count). The van der Waals surface area contributed by atoms with E-state index < -0.39 is 0 Å². The van der Waals surface area contributed by atoms with Gasteiger partial charge in [-0.25, -0.2) is 4.39 Å². The molecule has 1 unspecified atom stereocenters. The first-order valence-electron chi connectivity index (χ1n) is 9.07. The lowest BCUT2D eigenvalue weighted by atomic mass is 9.99. The molecule has 144 valence electrons. The highest BCUT2D eigenvalue weighted by molar-refractivity contribution is 5.78. The first-order valence-corrected chi connectivity index (χ1v) is 9.07. The molecule has 5 nitrogen and oxygen atoms in total. The standard InChI is InChI=1S/C21H24FNO4/c1-25-19-6-2-3-7-20(19)27-15-21(24)23-12-4-5-16(13-23)14-26-18-10-8-17(22)9-11-18/h2-3,6-11,16H,4-5,12-15H2,1H3. The second-order valence-corrected chi connectivity index (χ2v) is 6.55. The molecular weight excluding hydrogens is 349 g/mol. The quantitative estimate of drug-likeness (QED) is 0.745. The molecule has 27 heavy (non-hydrogen) atoms. The molecule has 0 aromatic heterocycles. The number of amides is 1. The number of carbonyl (C=O) groups excluding carboxylic acids is 1. The van der Waals surface area contributed by atoms with Crippen LogP contribution in [0.1, 0.15) is 12.8 Å². The van der Waals surface area contributed by atoms with E-state index in [1.807, 2.05) is 17.0 Å². The summed E-state index contributed by atoms with van der Waals surface area (Å²) in [5, 5.41) is 0. The van der Waals surface area contributed by atoms with E-state index in [-0.39, 0.29) is 24.2 Å². The smallest absolute Gasteiger partial charge is 0.260 e. The number of likely N-dealkylation sites (tertiary alicyclic amines) is 1. The Balaban J connectivity index is 1.48. The summed E-state index contributed by atoms with van der Waals surface area (Å²) in [6.45, 7) is 1.84. The zero-order chi connectivity index (χ0) is 19.1. The molecule has 1 aliphatic rings. The largest absolute Gasteiger partial charge is 0.493 e. The number of carbonyl (C=O) groups is 1. The highest BCUT2D eigenvalue weighted by Gasteiger charge is 2.24. The number of para-hydroxylation sites is 2. The molecule has 1 amide bonds. The van der Waals surface area contributed by atoms with Gasteiger partial charge in [0, 0.05) is 19.0 Å². The van der Waals surface area contributed by atoms with Gasteiger partial charge < -0.3 is 19.1 Å². The van der Waals surface area contributed by atoms with Crippen molar-refractivity contribution in [1.29, 1.82) is 0 Å². The third-order valence-corrected chi connectivity index (χ3v) is 4.59. The van der Waals surface area contributed by atoms with Crippen LogP contribution in [0.2, 0.25) is 0 Å². The van der Waals surface area contributed by atoms with Gasteiger partial charge in [0.05, 0.1) is 13.7 Å². The predicted molar refractivity (Wildman–Crippen MR) is 99.7 cm³/mol. The van der Waals surface area contributed by atoms with E-state index in [0.29, 0.717) is 30.4 Å². The first kappa shape index (κ1) is 19.0. The van der Waals surface area contributed by atoms with Crippen LogP contribution in [0.5, 0.6) is 17.2 Å². The van der Waals surface area contributed by atoms with Crippen molar-refractivity contribution in [3.8, 4) is 17.2 Å². The molecule has 0 spiro atoms. The molecule has 0 bridgehead atoms. The Labute approximate surface area is 158 Å². The number of hydrogen-bond donors (Lipinski definition) is 0. The number of methoxy groups -OCH3 is 1. The van der Waals surface area contributed by atoms with E-state index in [2.05, 4.69) is 0 Å². The third kappa shape index (κ3) is 5.36. The minimum absolute atomic E-state index is 0.0219. The van der Waals surface area contributed by atoms with Gasteiger partial charge in [0.1, 0.15) is 11.6 Å². The van der Waals surface area contributed by atoms with Crippen molar-refractivity contribution < 1.29 is 23.4 Å². The molecule has 1 aliphatic heterocycles. The summed E-state index contributed by atoms with van der Waals surface area (Å²) >= 11 is 0. The number of hydrogen-bond acceptors (Lipinski definition) is 4. The lowest BCUT2D eigenvalue weighted by Gasteiger charge is -2.32. The maximum atomic E-state index is 12.9. The SMILES string of the molecule is COc1ccccc1OCC(=O)N1CCCC(COc2ccc(F)cc2)C1. The van der Waals surface area contributed by atoms with Crippen LogP contribution < -0.4 is 14.2 Å². The van der Waals surface area contributed by atoms with E-state index in [1.54, 1.807) is 31.4 Å². The molecule has 1 heterocycles. The molecule has 1 fully saturated rings. The maximum absolute atomic E-state index is 12.9. The Bertz CT molecular complexity index is 750. The fourth-order valence-electron chi connectivity index (χ4n) is 3.14. The predicted octanol–water partition coefficient (Wildman–Crippen LogP) is 3.53. The Morgan fingerprint density at radius 3 is 2.59 bits per heavy atom. The summed E-state index contributed by atoms with van der Waals surface area (Å²) in [6.07, 6.45) is 1.93. The Kier molecular flexibility index (Phi) is 6.52. The van der Waals surface area contributed by atoms with Crippen molar-refractivity contribution in [1.82, 2.24) is 4.90 Å². The Hall–Kier alpha value is -2.76. The molecule has 1 saturated heterocycles. The summed E-state index contributed by atoms with van der Waals surface area (Å²) in [6, 6.07) is 13.2. The lowest BCUT2D eigenvalue weighted by molar-refractivity contribution is -0.135. The first-order chi connectivity index (χ1) is 13.2. The van der Waals surface area contributed by atoms with Crippen molar-refractivity contribution in [2.24, 2.45) is 5.92 Å². The molecule has 2 aromatic carbocycles. The molecule has 6 heteroatoms. The number of ether oxygens (including phenoxy) is 3. The average Bonchev–Trinajstić information content (AvgIpc) is 2.72. The lowest BCUT2D eigenvalue weighted by Crippen LogP contribution is -2.43. The number of piperidine rings is 1. The molecule has 0 N–H and O–H groups in total. The van der Waals surface area contributed by atoms with Gasteiger partial charge in [-0.15, -0.1) is 0 Å². The summed E-state index contributed by atoms with van der Waals surface area (Å²) < 4.78 is 29.5. The van der Waals surface area contributed by atoms with Crippen molar-refractivity contribution in [3.05, 3.63) is 54.3 Å². The summed E-state index contributed by atoms with van der Waals surface area (Å²) in [7, 11) is 1.57. The van der Waals surface area contributed by atoms with Crippen molar-refractivity contribution in [2.45, 2.75) is 12.8 Å². The molecule has 1 atom stereocenters. The molecule has 2 aromatic rings. The zero-order valence-electron chi connectivity index (χ0n) is 15.4. The van der Waals surface area contributed by atoms with Gasteiger partial charge in [0.15, 0.2) is 18.1 Å². The summed E-state index contributed by atoms with van der Waals surface area (Å²) in [5.74, 6) is 1.72. The summed E-state index contributed by atoms with van der Waals surface area (Å²) in [4.78, 5) is 14.3. The van der Waals surface area contributed by atoms with E-state index in [4.69, 9.17) is 14.2 Å². The van der Waals surface area contributed by atoms with Crippen molar-refractivity contribution in [3.63, 3.8) is 0 Å². The summed E-state index contributed by atoms with van der Waals surface area (Å²) in [5.41, 5.74) is 0. The fourth-order valence-corrected chi connectivity index (χ4v) is 3.14. The highest BCUT2D eigenvalue weighted by atomic mass is 19.1. The van der Waals surface area contributed by atoms with Crippen LogP contribution in [0.4, 0.5) is 4.39 Å². The minimum Gasteiger partial charge on any atom is -0.493 e. The Morgan fingerprint density at radius 1 is 1.11 bits per heavy atom. The second-order valence-electron chi connectivity index (χ2n) is 6.55. The zero-order valence-corrected chi connectivity index (χ0v) is 15.4. The number of nitrogens with zero attached hydrogens (tertiary/aromatic N) is 1. The topological polar surface area (TPSA) is 48.0 Å². The van der Waals surface area contributed by atoms with Gasteiger partial charge in [0.2, 0.25) is 0 Å². The number of rotatable bonds is 7. The second kappa shape index (κ2) is 9.26.